The monoisotopic (exact) mass is 569 g/mol. The molecule has 2 aromatic heterocycles. The van der Waals surface area contributed by atoms with E-state index >= 15 is 0 Å². The van der Waals surface area contributed by atoms with E-state index in [9.17, 15) is 28.3 Å². The van der Waals surface area contributed by atoms with Crippen LogP contribution in [-0.2, 0) is 17.9 Å². The molecule has 0 spiro atoms. The largest absolute Gasteiger partial charge is 0.481 e. The van der Waals surface area contributed by atoms with Crippen molar-refractivity contribution in [2.75, 3.05) is 5.32 Å². The summed E-state index contributed by atoms with van der Waals surface area (Å²) in [6, 6.07) is 15.5. The van der Waals surface area contributed by atoms with Crippen molar-refractivity contribution in [3.8, 4) is 11.6 Å². The molecule has 13 heteroatoms. The van der Waals surface area contributed by atoms with Gasteiger partial charge in [-0.15, -0.1) is 0 Å². The molecule has 206 valence electrons. The summed E-state index contributed by atoms with van der Waals surface area (Å²) >= 11 is 5.98. The van der Waals surface area contributed by atoms with Crippen molar-refractivity contribution in [3.63, 3.8) is 0 Å². The smallest absolute Gasteiger partial charge is 0.354 e. The standard InChI is InChI=1S/C27H22ClF2N5O5/c28-17-5-3-15(4-6-17)13-34-25(33-26(38)35(27(34)39)14-16-12-21(16)24(36)37)32-18-7-9-19(10-8-18)40-23-20(22(29)30)2-1-11-31-23/h1-11,16,21-22H,12-14H2,(H,36,37)(H,32,33,38)/t16-,21-/m0/s1. The molecule has 10 nitrogen and oxygen atoms in total. The fourth-order valence-electron chi connectivity index (χ4n) is 4.18. The molecule has 2 atom stereocenters. The number of rotatable bonds is 10. The quantitative estimate of drug-likeness (QED) is 0.281. The third-order valence-electron chi connectivity index (χ3n) is 6.42. The maximum atomic E-state index is 13.4. The number of alkyl halides is 2. The predicted octanol–water partition coefficient (Wildman–Crippen LogP) is 4.70. The Morgan fingerprint density at radius 1 is 1.10 bits per heavy atom. The first-order chi connectivity index (χ1) is 19.2. The third kappa shape index (κ3) is 6.01. The normalized spacial score (nSPS) is 16.1. The minimum atomic E-state index is -2.76. The summed E-state index contributed by atoms with van der Waals surface area (Å²) in [5.74, 6) is -1.91. The van der Waals surface area contributed by atoms with Gasteiger partial charge in [-0.25, -0.2) is 27.9 Å². The zero-order valence-corrected chi connectivity index (χ0v) is 21.5. The van der Waals surface area contributed by atoms with Crippen molar-refractivity contribution in [2.45, 2.75) is 25.9 Å². The van der Waals surface area contributed by atoms with Gasteiger partial charge >= 0.3 is 17.3 Å². The number of pyridine rings is 1. The Labute approximate surface area is 230 Å². The molecule has 0 unspecified atom stereocenters. The molecular weight excluding hydrogens is 548 g/mol. The van der Waals surface area contributed by atoms with Crippen molar-refractivity contribution < 1.29 is 23.4 Å². The molecule has 0 saturated heterocycles. The minimum Gasteiger partial charge on any atom is -0.481 e. The average Bonchev–Trinajstić information content (AvgIpc) is 3.71. The number of carbonyl (C=O) groups is 1. The van der Waals surface area contributed by atoms with E-state index in [1.807, 2.05) is 0 Å². The molecule has 4 aromatic rings. The second-order valence-electron chi connectivity index (χ2n) is 9.21. The van der Waals surface area contributed by atoms with Crippen molar-refractivity contribution in [1.82, 2.24) is 19.1 Å². The number of carboxylic acids is 1. The highest BCUT2D eigenvalue weighted by molar-refractivity contribution is 6.30. The van der Waals surface area contributed by atoms with E-state index in [4.69, 9.17) is 16.3 Å². The summed E-state index contributed by atoms with van der Waals surface area (Å²) in [7, 11) is 0. The van der Waals surface area contributed by atoms with E-state index in [0.29, 0.717) is 22.7 Å². The van der Waals surface area contributed by atoms with E-state index in [0.717, 1.165) is 4.57 Å². The van der Waals surface area contributed by atoms with Gasteiger partial charge in [0.1, 0.15) is 5.75 Å². The van der Waals surface area contributed by atoms with E-state index in [-0.39, 0.29) is 42.1 Å². The molecule has 0 bridgehead atoms. The van der Waals surface area contributed by atoms with Gasteiger partial charge in [0, 0.05) is 23.5 Å². The molecule has 1 aliphatic carbocycles. The molecule has 1 fully saturated rings. The predicted molar refractivity (Wildman–Crippen MR) is 142 cm³/mol. The lowest BCUT2D eigenvalue weighted by Crippen LogP contribution is -2.43. The summed E-state index contributed by atoms with van der Waals surface area (Å²) in [5.41, 5.74) is -0.662. The van der Waals surface area contributed by atoms with Crippen LogP contribution < -0.4 is 21.4 Å². The van der Waals surface area contributed by atoms with E-state index in [1.165, 1.54) is 35.0 Å². The van der Waals surface area contributed by atoms with Gasteiger partial charge in [-0.1, -0.05) is 23.7 Å². The molecule has 2 N–H and O–H groups in total. The summed E-state index contributed by atoms with van der Waals surface area (Å²) in [6.07, 6.45) is -1.04. The molecule has 5 rings (SSSR count). The molecule has 0 amide bonds. The van der Waals surface area contributed by atoms with Crippen molar-refractivity contribution in [3.05, 3.63) is 104 Å². The Hall–Kier alpha value is -4.58. The summed E-state index contributed by atoms with van der Waals surface area (Å²) in [4.78, 5) is 45.5. The van der Waals surface area contributed by atoms with Crippen LogP contribution >= 0.6 is 11.6 Å². The highest BCUT2D eigenvalue weighted by Crippen LogP contribution is 2.39. The van der Waals surface area contributed by atoms with Crippen LogP contribution in [0.5, 0.6) is 11.6 Å². The van der Waals surface area contributed by atoms with Crippen LogP contribution in [0.3, 0.4) is 0 Å². The van der Waals surface area contributed by atoms with Crippen LogP contribution in [0.15, 0.2) is 76.4 Å². The number of aliphatic carboxylic acids is 1. The molecule has 1 saturated carbocycles. The molecular formula is C27H22ClF2N5O5. The zero-order valence-electron chi connectivity index (χ0n) is 20.7. The lowest BCUT2D eigenvalue weighted by Gasteiger charge is -2.16. The van der Waals surface area contributed by atoms with Crippen molar-refractivity contribution in [2.24, 2.45) is 11.8 Å². The van der Waals surface area contributed by atoms with Crippen LogP contribution in [-0.4, -0.2) is 30.2 Å². The first-order valence-corrected chi connectivity index (χ1v) is 12.5. The first kappa shape index (κ1) is 27.0. The fourth-order valence-corrected chi connectivity index (χ4v) is 4.31. The van der Waals surface area contributed by atoms with Gasteiger partial charge < -0.3 is 15.2 Å². The molecule has 40 heavy (non-hydrogen) atoms. The van der Waals surface area contributed by atoms with Gasteiger partial charge in [-0.3, -0.25) is 9.36 Å². The molecule has 2 aromatic carbocycles. The number of aromatic nitrogens is 4. The van der Waals surface area contributed by atoms with Crippen LogP contribution in [0.25, 0.3) is 0 Å². The lowest BCUT2D eigenvalue weighted by atomic mass is 10.2. The second-order valence-corrected chi connectivity index (χ2v) is 9.65. The molecule has 2 heterocycles. The lowest BCUT2D eigenvalue weighted by molar-refractivity contribution is -0.138. The highest BCUT2D eigenvalue weighted by Gasteiger charge is 2.43. The fraction of sp³-hybridized carbons (Fsp3) is 0.222. The Morgan fingerprint density at radius 3 is 2.48 bits per heavy atom. The number of carboxylic acid groups (broad SMARTS) is 1. The zero-order chi connectivity index (χ0) is 28.4. The van der Waals surface area contributed by atoms with Gasteiger partial charge in [0.25, 0.3) is 6.43 Å². The van der Waals surface area contributed by atoms with E-state index < -0.39 is 29.7 Å². The Morgan fingerprint density at radius 2 is 1.82 bits per heavy atom. The summed E-state index contributed by atoms with van der Waals surface area (Å²) in [6.45, 7) is -0.00138. The Kier molecular flexibility index (Phi) is 7.60. The number of halogens is 3. The van der Waals surface area contributed by atoms with Crippen LogP contribution in [0, 0.1) is 11.8 Å². The van der Waals surface area contributed by atoms with Crippen LogP contribution in [0.1, 0.15) is 24.0 Å². The molecule has 1 aliphatic rings. The number of hydrogen-bond acceptors (Lipinski definition) is 7. The average molecular weight is 570 g/mol. The Bertz CT molecular complexity index is 1660. The SMILES string of the molecule is O=C(O)[C@H]1C[C@H]1Cn1c(=O)nc(Nc2ccc(Oc3ncccc3C(F)F)cc2)n(Cc2ccc(Cl)cc2)c1=O. The van der Waals surface area contributed by atoms with Gasteiger partial charge in [-0.2, -0.15) is 4.98 Å². The number of ether oxygens (including phenoxy) is 1. The van der Waals surface area contributed by atoms with Crippen molar-refractivity contribution >= 4 is 29.2 Å². The molecule has 0 aliphatic heterocycles. The summed E-state index contributed by atoms with van der Waals surface area (Å²) < 4.78 is 34.2. The number of anilines is 2. The van der Waals surface area contributed by atoms with E-state index in [1.54, 1.807) is 36.4 Å². The molecule has 0 radical (unpaired) electrons. The number of nitrogens with zero attached hydrogens (tertiary/aromatic N) is 4. The van der Waals surface area contributed by atoms with Gasteiger partial charge in [0.2, 0.25) is 11.8 Å². The van der Waals surface area contributed by atoms with Gasteiger partial charge in [0.05, 0.1) is 18.0 Å². The maximum absolute atomic E-state index is 13.4. The van der Waals surface area contributed by atoms with Gasteiger partial charge in [0.15, 0.2) is 0 Å². The topological polar surface area (TPSA) is 128 Å². The van der Waals surface area contributed by atoms with Gasteiger partial charge in [-0.05, 0) is 66.4 Å². The number of hydrogen-bond donors (Lipinski definition) is 2. The minimum absolute atomic E-state index is 0.0369. The maximum Gasteiger partial charge on any atom is 0.354 e. The number of nitrogens with one attached hydrogen (secondary N) is 1. The third-order valence-corrected chi connectivity index (χ3v) is 6.67. The summed E-state index contributed by atoms with van der Waals surface area (Å²) in [5, 5.41) is 12.7. The van der Waals surface area contributed by atoms with Crippen LogP contribution in [0.4, 0.5) is 20.4 Å². The Balaban J connectivity index is 1.43. The number of benzene rings is 2. The first-order valence-electron chi connectivity index (χ1n) is 12.2. The van der Waals surface area contributed by atoms with Crippen LogP contribution in [0.2, 0.25) is 5.02 Å². The second kappa shape index (κ2) is 11.3. The van der Waals surface area contributed by atoms with E-state index in [2.05, 4.69) is 15.3 Å². The highest BCUT2D eigenvalue weighted by atomic mass is 35.5. The van der Waals surface area contributed by atoms with Crippen molar-refractivity contribution in [1.29, 1.82) is 0 Å².